The highest BCUT2D eigenvalue weighted by Crippen LogP contribution is 2.20. The molecule has 166 valence electrons. The fourth-order valence-corrected chi connectivity index (χ4v) is 2.52. The zero-order chi connectivity index (χ0) is 21.3. The third-order valence-electron chi connectivity index (χ3n) is 4.09. The third kappa shape index (κ3) is 9.21. The Morgan fingerprint density at radius 2 is 1.67 bits per heavy atom. The van der Waals surface area contributed by atoms with Gasteiger partial charge in [0.15, 0.2) is 12.6 Å². The molecule has 5 nitrogen and oxygen atoms in total. The van der Waals surface area contributed by atoms with Crippen LogP contribution in [-0.2, 0) is 12.1 Å². The van der Waals surface area contributed by atoms with Gasteiger partial charge in [0.25, 0.3) is 0 Å². The van der Waals surface area contributed by atoms with E-state index in [4.69, 9.17) is 4.74 Å². The Morgan fingerprint density at radius 1 is 1.03 bits per heavy atom. The number of ether oxygens (including phenoxy) is 1. The maximum absolute atomic E-state index is 12.2. The van der Waals surface area contributed by atoms with Crippen LogP contribution in [0.15, 0.2) is 59.6 Å². The number of hydrogen-bond donors (Lipinski definition) is 3. The molecule has 1 unspecified atom stereocenters. The van der Waals surface area contributed by atoms with Gasteiger partial charge in [-0.1, -0.05) is 42.5 Å². The van der Waals surface area contributed by atoms with Gasteiger partial charge in [-0.25, -0.2) is 4.99 Å². The van der Waals surface area contributed by atoms with E-state index in [-0.39, 0.29) is 36.3 Å². The van der Waals surface area contributed by atoms with Crippen LogP contribution in [0, 0.1) is 0 Å². The van der Waals surface area contributed by atoms with Crippen LogP contribution in [0.3, 0.4) is 0 Å². The predicted octanol–water partition coefficient (Wildman–Crippen LogP) is 4.21. The van der Waals surface area contributed by atoms with E-state index in [2.05, 4.69) is 15.6 Å². The first-order chi connectivity index (χ1) is 13.7. The second-order valence-electron chi connectivity index (χ2n) is 6.74. The molecule has 2 aromatic carbocycles. The topological polar surface area (TPSA) is 65.9 Å². The van der Waals surface area contributed by atoms with Gasteiger partial charge in [-0.2, -0.15) is 13.2 Å². The van der Waals surface area contributed by atoms with E-state index in [0.29, 0.717) is 19.0 Å². The van der Waals surface area contributed by atoms with E-state index in [1.54, 1.807) is 19.1 Å². The fraction of sp³-hybridized carbons (Fsp3) is 0.381. The minimum absolute atomic E-state index is 0. The number of guanidine groups is 1. The number of hydrogen-bond acceptors (Lipinski definition) is 3. The molecule has 0 fully saturated rings. The largest absolute Gasteiger partial charge is 0.484 e. The summed E-state index contributed by atoms with van der Waals surface area (Å²) in [5.41, 5.74) is 0.531. The number of rotatable bonds is 8. The van der Waals surface area contributed by atoms with Crippen molar-refractivity contribution in [3.05, 3.63) is 65.7 Å². The lowest BCUT2D eigenvalue weighted by Gasteiger charge is -2.25. The van der Waals surface area contributed by atoms with E-state index < -0.39 is 18.4 Å². The number of benzene rings is 2. The number of nitrogens with one attached hydrogen (secondary N) is 2. The smallest absolute Gasteiger partial charge is 0.422 e. The van der Waals surface area contributed by atoms with Gasteiger partial charge in [0.2, 0.25) is 0 Å². The van der Waals surface area contributed by atoms with Crippen molar-refractivity contribution in [3.8, 4) is 5.75 Å². The van der Waals surface area contributed by atoms with E-state index in [1.807, 2.05) is 37.3 Å². The van der Waals surface area contributed by atoms with Crippen molar-refractivity contribution >= 4 is 29.9 Å². The Morgan fingerprint density at radius 3 is 2.23 bits per heavy atom. The molecule has 0 radical (unpaired) electrons. The molecule has 2 rings (SSSR count). The zero-order valence-corrected chi connectivity index (χ0v) is 19.2. The van der Waals surface area contributed by atoms with Crippen LogP contribution in [-0.4, -0.2) is 36.9 Å². The highest BCUT2D eigenvalue weighted by Gasteiger charge is 2.28. The summed E-state index contributed by atoms with van der Waals surface area (Å²) >= 11 is 0. The Labute approximate surface area is 191 Å². The average Bonchev–Trinajstić information content (AvgIpc) is 2.69. The molecule has 0 aliphatic rings. The Balaban J connectivity index is 0.00000450. The van der Waals surface area contributed by atoms with Crippen LogP contribution in [0.5, 0.6) is 5.75 Å². The van der Waals surface area contributed by atoms with Crippen LogP contribution >= 0.6 is 24.0 Å². The van der Waals surface area contributed by atoms with E-state index in [0.717, 1.165) is 11.1 Å². The van der Waals surface area contributed by atoms with Crippen molar-refractivity contribution in [3.63, 3.8) is 0 Å². The van der Waals surface area contributed by atoms with Crippen LogP contribution in [0.1, 0.15) is 25.0 Å². The lowest BCUT2D eigenvalue weighted by molar-refractivity contribution is -0.153. The standard InChI is InChI=1S/C21H26F3N3O2.HI/c1-3-25-19(27-14-20(2,28)17-7-5-4-6-8-17)26-13-16-9-11-18(12-10-16)29-15-21(22,23)24;/h4-12,28H,3,13-15H2,1-2H3,(H2,25,26,27);1H. The molecule has 0 aliphatic carbocycles. The molecule has 0 saturated carbocycles. The second-order valence-corrected chi connectivity index (χ2v) is 6.74. The molecule has 1 atom stereocenters. The van der Waals surface area contributed by atoms with Gasteiger partial charge in [-0.3, -0.25) is 0 Å². The normalized spacial score (nSPS) is 13.7. The number of aliphatic imine (C=N–C) groups is 1. The van der Waals surface area contributed by atoms with Gasteiger partial charge < -0.3 is 20.5 Å². The molecule has 0 bridgehead atoms. The first-order valence-electron chi connectivity index (χ1n) is 9.28. The zero-order valence-electron chi connectivity index (χ0n) is 16.9. The number of alkyl halides is 3. The summed E-state index contributed by atoms with van der Waals surface area (Å²) in [6.45, 7) is 3.55. The molecular weight excluding hydrogens is 510 g/mol. The fourth-order valence-electron chi connectivity index (χ4n) is 2.52. The summed E-state index contributed by atoms with van der Waals surface area (Å²) in [7, 11) is 0. The molecule has 0 aliphatic heterocycles. The Hall–Kier alpha value is -2.01. The number of nitrogens with zero attached hydrogens (tertiary/aromatic N) is 1. The van der Waals surface area contributed by atoms with Gasteiger partial charge in [-0.05, 0) is 37.1 Å². The van der Waals surface area contributed by atoms with Crippen molar-refractivity contribution < 1.29 is 23.0 Å². The van der Waals surface area contributed by atoms with Crippen LogP contribution < -0.4 is 15.4 Å². The van der Waals surface area contributed by atoms with E-state index in [1.165, 1.54) is 12.1 Å². The molecule has 3 N–H and O–H groups in total. The van der Waals surface area contributed by atoms with Crippen molar-refractivity contribution in [1.82, 2.24) is 10.6 Å². The van der Waals surface area contributed by atoms with Gasteiger partial charge in [-0.15, -0.1) is 24.0 Å². The first-order valence-corrected chi connectivity index (χ1v) is 9.28. The molecule has 0 amide bonds. The van der Waals surface area contributed by atoms with Crippen molar-refractivity contribution in [2.45, 2.75) is 32.2 Å². The highest BCUT2D eigenvalue weighted by atomic mass is 127. The van der Waals surface area contributed by atoms with Gasteiger partial charge in [0.1, 0.15) is 11.4 Å². The van der Waals surface area contributed by atoms with Crippen molar-refractivity contribution in [2.24, 2.45) is 4.99 Å². The van der Waals surface area contributed by atoms with Gasteiger partial charge in [0.05, 0.1) is 13.1 Å². The lowest BCUT2D eigenvalue weighted by atomic mass is 9.96. The summed E-state index contributed by atoms with van der Waals surface area (Å²) in [5.74, 6) is 0.681. The molecule has 0 saturated heterocycles. The molecule has 0 heterocycles. The second kappa shape index (κ2) is 12.0. The van der Waals surface area contributed by atoms with Gasteiger partial charge >= 0.3 is 6.18 Å². The molecular formula is C21H27F3IN3O2. The Kier molecular flexibility index (Phi) is 10.4. The van der Waals surface area contributed by atoms with Crippen molar-refractivity contribution in [1.29, 1.82) is 0 Å². The minimum Gasteiger partial charge on any atom is -0.484 e. The molecule has 0 spiro atoms. The molecule has 0 aromatic heterocycles. The quantitative estimate of drug-likeness (QED) is 0.268. The monoisotopic (exact) mass is 537 g/mol. The first kappa shape index (κ1) is 26.0. The summed E-state index contributed by atoms with van der Waals surface area (Å²) in [6, 6.07) is 15.6. The molecule has 30 heavy (non-hydrogen) atoms. The highest BCUT2D eigenvalue weighted by molar-refractivity contribution is 14.0. The van der Waals surface area contributed by atoms with Crippen LogP contribution in [0.25, 0.3) is 0 Å². The summed E-state index contributed by atoms with van der Waals surface area (Å²) in [5, 5.41) is 16.9. The minimum atomic E-state index is -4.36. The maximum atomic E-state index is 12.2. The van der Waals surface area contributed by atoms with Gasteiger partial charge in [0, 0.05) is 6.54 Å². The van der Waals surface area contributed by atoms with Crippen molar-refractivity contribution in [2.75, 3.05) is 19.7 Å². The number of halogens is 4. The summed E-state index contributed by atoms with van der Waals surface area (Å²) < 4.78 is 41.3. The third-order valence-corrected chi connectivity index (χ3v) is 4.09. The summed E-state index contributed by atoms with van der Waals surface area (Å²) in [4.78, 5) is 4.46. The van der Waals surface area contributed by atoms with Crippen LogP contribution in [0.2, 0.25) is 0 Å². The lowest BCUT2D eigenvalue weighted by Crippen LogP contribution is -2.44. The van der Waals surface area contributed by atoms with E-state index in [9.17, 15) is 18.3 Å². The van der Waals surface area contributed by atoms with Crippen LogP contribution in [0.4, 0.5) is 13.2 Å². The molecule has 2 aromatic rings. The molecule has 9 heteroatoms. The predicted molar refractivity (Wildman–Crippen MR) is 122 cm³/mol. The average molecular weight is 537 g/mol. The summed E-state index contributed by atoms with van der Waals surface area (Å²) in [6.07, 6.45) is -4.36. The van der Waals surface area contributed by atoms with E-state index >= 15 is 0 Å². The number of aliphatic hydroxyl groups is 1. The Bertz CT molecular complexity index is 782. The maximum Gasteiger partial charge on any atom is 0.422 e. The SMILES string of the molecule is CCNC(=NCc1ccc(OCC(F)(F)F)cc1)NCC(C)(O)c1ccccc1.I.